The summed E-state index contributed by atoms with van der Waals surface area (Å²) >= 11 is 0. The zero-order valence-electron chi connectivity index (χ0n) is 12.7. The number of hydrogen-bond acceptors (Lipinski definition) is 4. The van der Waals surface area contributed by atoms with E-state index in [-0.39, 0.29) is 6.79 Å². The van der Waals surface area contributed by atoms with Gasteiger partial charge < -0.3 is 14.0 Å². The zero-order chi connectivity index (χ0) is 15.9. The number of aromatic nitrogens is 3. The van der Waals surface area contributed by atoms with Crippen molar-refractivity contribution in [3.05, 3.63) is 67.3 Å². The first-order valence-corrected chi connectivity index (χ1v) is 7.67. The Morgan fingerprint density at radius 2 is 1.83 bits per heavy atom. The highest BCUT2D eigenvalue weighted by atomic mass is 16.7. The van der Waals surface area contributed by atoms with Crippen molar-refractivity contribution in [1.82, 2.24) is 14.5 Å². The topological polar surface area (TPSA) is 49.2 Å². The van der Waals surface area contributed by atoms with E-state index in [9.17, 15) is 0 Å². The molecule has 116 valence electrons. The van der Waals surface area contributed by atoms with E-state index in [1.807, 2.05) is 47.2 Å². The van der Waals surface area contributed by atoms with Gasteiger partial charge in [0.05, 0.1) is 23.2 Å². The zero-order valence-corrected chi connectivity index (χ0v) is 12.7. The lowest BCUT2D eigenvalue weighted by Gasteiger charge is -2.12. The minimum atomic E-state index is 0.243. The Hall–Kier alpha value is -3.34. The molecular formula is C19H13N3O2. The van der Waals surface area contributed by atoms with E-state index < -0.39 is 0 Å². The number of rotatable bonds is 2. The quantitative estimate of drug-likeness (QED) is 0.564. The summed E-state index contributed by atoms with van der Waals surface area (Å²) in [6, 6.07) is 16.1. The van der Waals surface area contributed by atoms with Gasteiger partial charge in [-0.15, -0.1) is 0 Å². The largest absolute Gasteiger partial charge is 0.454 e. The second kappa shape index (κ2) is 5.09. The summed E-state index contributed by atoms with van der Waals surface area (Å²) in [7, 11) is 0. The highest BCUT2D eigenvalue weighted by Crippen LogP contribution is 2.40. The molecule has 0 fully saturated rings. The molecule has 0 aliphatic carbocycles. The molecule has 0 radical (unpaired) electrons. The number of pyridine rings is 1. The van der Waals surface area contributed by atoms with Gasteiger partial charge >= 0.3 is 0 Å². The van der Waals surface area contributed by atoms with Crippen molar-refractivity contribution in [2.75, 3.05) is 6.79 Å². The minimum absolute atomic E-state index is 0.243. The molecule has 3 heterocycles. The van der Waals surface area contributed by atoms with Gasteiger partial charge in [-0.05, 0) is 18.2 Å². The first-order valence-electron chi connectivity index (χ1n) is 7.67. The van der Waals surface area contributed by atoms with Gasteiger partial charge in [-0.25, -0.2) is 9.97 Å². The standard InChI is InChI=1S/C19H13N3O2/c1-2-4-15-13(3-1)5-6-16(21-15)14-9-18-19(24-12-23-18)10-17(14)22-8-7-20-11-22/h1-11H,12H2. The number of hydrogen-bond donors (Lipinski definition) is 0. The van der Waals surface area contributed by atoms with Gasteiger partial charge in [-0.2, -0.15) is 0 Å². The number of imidazole rings is 1. The fraction of sp³-hybridized carbons (Fsp3) is 0.0526. The molecule has 0 amide bonds. The second-order valence-electron chi connectivity index (χ2n) is 5.58. The molecule has 0 unspecified atom stereocenters. The molecule has 5 heteroatoms. The maximum atomic E-state index is 5.55. The van der Waals surface area contributed by atoms with E-state index in [1.54, 1.807) is 12.5 Å². The molecule has 24 heavy (non-hydrogen) atoms. The Morgan fingerprint density at radius 1 is 0.958 bits per heavy atom. The summed E-state index contributed by atoms with van der Waals surface area (Å²) < 4.78 is 13.0. The molecule has 0 bridgehead atoms. The Balaban J connectivity index is 1.76. The summed E-state index contributed by atoms with van der Waals surface area (Å²) in [5, 5.41) is 1.12. The van der Waals surface area contributed by atoms with Crippen LogP contribution in [-0.2, 0) is 0 Å². The Labute approximate surface area is 138 Å². The van der Waals surface area contributed by atoms with Crippen LogP contribution in [0.5, 0.6) is 11.5 Å². The summed E-state index contributed by atoms with van der Waals surface area (Å²) in [6.07, 6.45) is 5.42. The fourth-order valence-corrected chi connectivity index (χ4v) is 2.97. The predicted molar refractivity (Wildman–Crippen MR) is 90.4 cm³/mol. The van der Waals surface area contributed by atoms with Crippen LogP contribution in [0.3, 0.4) is 0 Å². The Kier molecular flexibility index (Phi) is 2.79. The van der Waals surface area contributed by atoms with E-state index in [1.165, 1.54) is 0 Å². The third kappa shape index (κ3) is 2.02. The van der Waals surface area contributed by atoms with Crippen molar-refractivity contribution in [3.8, 4) is 28.4 Å². The third-order valence-corrected chi connectivity index (χ3v) is 4.15. The normalized spacial score (nSPS) is 12.7. The van der Waals surface area contributed by atoms with Crippen molar-refractivity contribution in [2.24, 2.45) is 0 Å². The monoisotopic (exact) mass is 315 g/mol. The first kappa shape index (κ1) is 13.1. The fourth-order valence-electron chi connectivity index (χ4n) is 2.97. The van der Waals surface area contributed by atoms with Crippen molar-refractivity contribution in [2.45, 2.75) is 0 Å². The van der Waals surface area contributed by atoms with Gasteiger partial charge in [-0.1, -0.05) is 24.3 Å². The average molecular weight is 315 g/mol. The molecule has 0 spiro atoms. The summed E-state index contributed by atoms with van der Waals surface area (Å²) in [5.41, 5.74) is 3.78. The molecule has 1 aliphatic heterocycles. The Bertz CT molecular complexity index is 1040. The van der Waals surface area contributed by atoms with Gasteiger partial charge in [-0.3, -0.25) is 0 Å². The molecule has 1 aliphatic rings. The van der Waals surface area contributed by atoms with Crippen LogP contribution in [0, 0.1) is 0 Å². The van der Waals surface area contributed by atoms with Gasteiger partial charge in [0.2, 0.25) is 6.79 Å². The van der Waals surface area contributed by atoms with Crippen LogP contribution in [0.15, 0.2) is 67.3 Å². The minimum Gasteiger partial charge on any atom is -0.454 e. The summed E-state index contributed by atoms with van der Waals surface area (Å²) in [6.45, 7) is 0.243. The van der Waals surface area contributed by atoms with Crippen molar-refractivity contribution < 1.29 is 9.47 Å². The lowest BCUT2D eigenvalue weighted by Crippen LogP contribution is -1.96. The van der Waals surface area contributed by atoms with Crippen LogP contribution < -0.4 is 9.47 Å². The maximum absolute atomic E-state index is 5.55. The molecule has 2 aromatic carbocycles. The molecule has 5 rings (SSSR count). The molecule has 0 N–H and O–H groups in total. The number of fused-ring (bicyclic) bond motifs is 2. The van der Waals surface area contributed by atoms with E-state index in [0.29, 0.717) is 0 Å². The molecular weight excluding hydrogens is 302 g/mol. The lowest BCUT2D eigenvalue weighted by molar-refractivity contribution is 0.174. The van der Waals surface area contributed by atoms with E-state index in [4.69, 9.17) is 14.5 Å². The highest BCUT2D eigenvalue weighted by molar-refractivity contribution is 5.83. The third-order valence-electron chi connectivity index (χ3n) is 4.15. The van der Waals surface area contributed by atoms with Crippen LogP contribution in [0.25, 0.3) is 27.8 Å². The second-order valence-corrected chi connectivity index (χ2v) is 5.58. The maximum Gasteiger partial charge on any atom is 0.231 e. The molecule has 0 saturated heterocycles. The smallest absolute Gasteiger partial charge is 0.231 e. The van der Waals surface area contributed by atoms with E-state index >= 15 is 0 Å². The molecule has 0 saturated carbocycles. The SMILES string of the molecule is c1ccc2nc(-c3cc4c(cc3-n3ccnc3)OCO4)ccc2c1. The van der Waals surface area contributed by atoms with Gasteiger partial charge in [0.1, 0.15) is 0 Å². The first-order chi connectivity index (χ1) is 11.9. The summed E-state index contributed by atoms with van der Waals surface area (Å²) in [5.74, 6) is 1.48. The molecule has 0 atom stereocenters. The summed E-state index contributed by atoms with van der Waals surface area (Å²) in [4.78, 5) is 8.96. The average Bonchev–Trinajstić information content (AvgIpc) is 3.31. The van der Waals surface area contributed by atoms with Crippen LogP contribution >= 0.6 is 0 Å². The van der Waals surface area contributed by atoms with E-state index in [2.05, 4.69) is 17.1 Å². The van der Waals surface area contributed by atoms with E-state index in [0.717, 1.165) is 39.3 Å². The Morgan fingerprint density at radius 3 is 2.71 bits per heavy atom. The number of para-hydroxylation sites is 1. The van der Waals surface area contributed by atoms with Crippen LogP contribution in [-0.4, -0.2) is 21.3 Å². The highest BCUT2D eigenvalue weighted by Gasteiger charge is 2.19. The molecule has 4 aromatic rings. The van der Waals surface area contributed by atoms with Crippen LogP contribution in [0.4, 0.5) is 0 Å². The van der Waals surface area contributed by atoms with Crippen molar-refractivity contribution in [3.63, 3.8) is 0 Å². The molecule has 5 nitrogen and oxygen atoms in total. The predicted octanol–water partition coefficient (Wildman–Crippen LogP) is 3.82. The van der Waals surface area contributed by atoms with Crippen molar-refractivity contribution >= 4 is 10.9 Å². The van der Waals surface area contributed by atoms with Crippen LogP contribution in [0.2, 0.25) is 0 Å². The number of benzene rings is 2. The lowest BCUT2D eigenvalue weighted by atomic mass is 10.1. The van der Waals surface area contributed by atoms with Gasteiger partial charge in [0, 0.05) is 29.4 Å². The molecule has 2 aromatic heterocycles. The van der Waals surface area contributed by atoms with Crippen LogP contribution in [0.1, 0.15) is 0 Å². The number of nitrogens with zero attached hydrogens (tertiary/aromatic N) is 3. The van der Waals surface area contributed by atoms with Crippen molar-refractivity contribution in [1.29, 1.82) is 0 Å². The number of ether oxygens (including phenoxy) is 2. The van der Waals surface area contributed by atoms with Gasteiger partial charge in [0.15, 0.2) is 11.5 Å². The van der Waals surface area contributed by atoms with Gasteiger partial charge in [0.25, 0.3) is 0 Å².